The molecule has 5 heteroatoms. The summed E-state index contributed by atoms with van der Waals surface area (Å²) in [5.41, 5.74) is 1.83. The van der Waals surface area contributed by atoms with Gasteiger partial charge in [0.15, 0.2) is 0 Å². The molecule has 0 saturated heterocycles. The van der Waals surface area contributed by atoms with Gasteiger partial charge in [-0.3, -0.25) is 0 Å². The van der Waals surface area contributed by atoms with Crippen molar-refractivity contribution < 1.29 is 0 Å². The average Bonchev–Trinajstić information content (AvgIpc) is 2.64. The molecule has 0 radical (unpaired) electrons. The zero-order chi connectivity index (χ0) is 10.8. The molecule has 0 aliphatic heterocycles. The highest BCUT2D eigenvalue weighted by Crippen LogP contribution is 2.24. The van der Waals surface area contributed by atoms with Crippen LogP contribution in [0.5, 0.6) is 0 Å². The van der Waals surface area contributed by atoms with Crippen molar-refractivity contribution in [3.05, 3.63) is 44.7 Å². The molecule has 1 aromatic heterocycles. The van der Waals surface area contributed by atoms with Crippen LogP contribution in [-0.2, 0) is 5.88 Å². The molecule has 1 heterocycles. The molecule has 0 atom stereocenters. The summed E-state index contributed by atoms with van der Waals surface area (Å²) < 4.78 is 2.86. The summed E-state index contributed by atoms with van der Waals surface area (Å²) >= 11 is 14.1. The molecule has 0 aliphatic carbocycles. The van der Waals surface area contributed by atoms with E-state index in [1.54, 1.807) is 10.9 Å². The number of nitrogens with zero attached hydrogens (tertiary/aromatic N) is 2. The van der Waals surface area contributed by atoms with E-state index in [1.807, 2.05) is 24.4 Å². The first kappa shape index (κ1) is 11.2. The number of rotatable bonds is 2. The van der Waals surface area contributed by atoms with Crippen LogP contribution in [-0.4, -0.2) is 9.78 Å². The summed E-state index contributed by atoms with van der Waals surface area (Å²) in [5.74, 6) is 0.380. The standard InChI is InChI=1S/C10H7Cl2IN2/c11-4-8-9(12)2-1-3-10(8)15-6-7(13)5-14-15/h1-3,5-6H,4H2. The van der Waals surface area contributed by atoms with Crippen LogP contribution in [0.3, 0.4) is 0 Å². The second-order valence-corrected chi connectivity index (χ2v) is 4.89. The van der Waals surface area contributed by atoms with Gasteiger partial charge in [0.1, 0.15) is 0 Å². The third kappa shape index (κ3) is 2.29. The predicted octanol–water partition coefficient (Wildman–Crippen LogP) is 3.87. The Bertz CT molecular complexity index is 482. The molecule has 1 aromatic carbocycles. The third-order valence-electron chi connectivity index (χ3n) is 2.03. The Morgan fingerprint density at radius 1 is 1.40 bits per heavy atom. The van der Waals surface area contributed by atoms with E-state index in [0.717, 1.165) is 14.8 Å². The first-order valence-corrected chi connectivity index (χ1v) is 6.25. The minimum atomic E-state index is 0.380. The molecule has 2 nitrogen and oxygen atoms in total. The minimum Gasteiger partial charge on any atom is -0.240 e. The van der Waals surface area contributed by atoms with Crippen molar-refractivity contribution in [2.75, 3.05) is 0 Å². The Kier molecular flexibility index (Phi) is 3.53. The SMILES string of the molecule is ClCc1c(Cl)cccc1-n1cc(I)cn1. The van der Waals surface area contributed by atoms with Crippen LogP contribution in [0, 0.1) is 3.57 Å². The third-order valence-corrected chi connectivity index (χ3v) is 3.20. The summed E-state index contributed by atoms with van der Waals surface area (Å²) in [6, 6.07) is 5.67. The van der Waals surface area contributed by atoms with Crippen LogP contribution in [0.25, 0.3) is 5.69 Å². The first-order valence-electron chi connectivity index (χ1n) is 4.26. The zero-order valence-electron chi connectivity index (χ0n) is 7.62. The van der Waals surface area contributed by atoms with Gasteiger partial charge in [-0.05, 0) is 34.7 Å². The molecular weight excluding hydrogens is 346 g/mol. The maximum atomic E-state index is 6.06. The van der Waals surface area contributed by atoms with E-state index in [4.69, 9.17) is 23.2 Å². The van der Waals surface area contributed by atoms with Crippen LogP contribution in [0.15, 0.2) is 30.6 Å². The average molecular weight is 353 g/mol. The Morgan fingerprint density at radius 2 is 2.20 bits per heavy atom. The topological polar surface area (TPSA) is 17.8 Å². The van der Waals surface area contributed by atoms with Crippen molar-refractivity contribution in [3.63, 3.8) is 0 Å². The van der Waals surface area contributed by atoms with Crippen LogP contribution in [0.1, 0.15) is 5.56 Å². The summed E-state index contributed by atoms with van der Waals surface area (Å²) in [7, 11) is 0. The van der Waals surface area contributed by atoms with Crippen LogP contribution < -0.4 is 0 Å². The molecule has 0 fully saturated rings. The smallest absolute Gasteiger partial charge is 0.0705 e. The second kappa shape index (κ2) is 4.72. The number of benzene rings is 1. The molecular formula is C10H7Cl2IN2. The van der Waals surface area contributed by atoms with Crippen LogP contribution >= 0.6 is 45.8 Å². The highest BCUT2D eigenvalue weighted by Gasteiger charge is 2.08. The molecule has 2 aromatic rings. The van der Waals surface area contributed by atoms with Crippen molar-refractivity contribution in [2.45, 2.75) is 5.88 Å². The van der Waals surface area contributed by atoms with E-state index in [0.29, 0.717) is 10.9 Å². The Balaban J connectivity index is 2.57. The molecule has 78 valence electrons. The lowest BCUT2D eigenvalue weighted by Crippen LogP contribution is -1.99. The molecule has 0 saturated carbocycles. The van der Waals surface area contributed by atoms with Crippen LogP contribution in [0.4, 0.5) is 0 Å². The maximum Gasteiger partial charge on any atom is 0.0705 e. The molecule has 15 heavy (non-hydrogen) atoms. The lowest BCUT2D eigenvalue weighted by Gasteiger charge is -2.08. The summed E-state index contributed by atoms with van der Waals surface area (Å²) in [4.78, 5) is 0. The van der Waals surface area contributed by atoms with Gasteiger partial charge in [-0.15, -0.1) is 11.6 Å². The molecule has 2 rings (SSSR count). The van der Waals surface area contributed by atoms with E-state index in [1.165, 1.54) is 0 Å². The van der Waals surface area contributed by atoms with Gasteiger partial charge in [-0.25, -0.2) is 4.68 Å². The quantitative estimate of drug-likeness (QED) is 0.592. The van der Waals surface area contributed by atoms with Crippen molar-refractivity contribution in [3.8, 4) is 5.69 Å². The summed E-state index contributed by atoms with van der Waals surface area (Å²) in [6.07, 6.45) is 3.72. The number of alkyl halides is 1. The number of hydrogen-bond acceptors (Lipinski definition) is 1. The predicted molar refractivity (Wildman–Crippen MR) is 70.8 cm³/mol. The van der Waals surface area contributed by atoms with E-state index in [9.17, 15) is 0 Å². The van der Waals surface area contributed by atoms with E-state index in [2.05, 4.69) is 27.7 Å². The van der Waals surface area contributed by atoms with Crippen molar-refractivity contribution >= 4 is 45.8 Å². The van der Waals surface area contributed by atoms with E-state index in [-0.39, 0.29) is 0 Å². The summed E-state index contributed by atoms with van der Waals surface area (Å²) in [6.45, 7) is 0. The van der Waals surface area contributed by atoms with Crippen molar-refractivity contribution in [1.82, 2.24) is 9.78 Å². The number of halogens is 3. The normalized spacial score (nSPS) is 10.6. The van der Waals surface area contributed by atoms with E-state index >= 15 is 0 Å². The fourth-order valence-electron chi connectivity index (χ4n) is 1.33. The van der Waals surface area contributed by atoms with Gasteiger partial charge in [0.05, 0.1) is 21.3 Å². The Morgan fingerprint density at radius 3 is 2.80 bits per heavy atom. The van der Waals surface area contributed by atoms with Crippen molar-refractivity contribution in [1.29, 1.82) is 0 Å². The summed E-state index contributed by atoms with van der Waals surface area (Å²) in [5, 5.41) is 4.90. The van der Waals surface area contributed by atoms with Gasteiger partial charge >= 0.3 is 0 Å². The largest absolute Gasteiger partial charge is 0.240 e. The van der Waals surface area contributed by atoms with Gasteiger partial charge in [0.25, 0.3) is 0 Å². The van der Waals surface area contributed by atoms with E-state index < -0.39 is 0 Å². The lowest BCUT2D eigenvalue weighted by atomic mass is 10.2. The van der Waals surface area contributed by atoms with Gasteiger partial charge in [0.2, 0.25) is 0 Å². The first-order chi connectivity index (χ1) is 7.22. The monoisotopic (exact) mass is 352 g/mol. The van der Waals surface area contributed by atoms with Gasteiger partial charge in [0, 0.05) is 16.8 Å². The number of hydrogen-bond donors (Lipinski definition) is 0. The Hall–Kier alpha value is -0.260. The molecule has 0 spiro atoms. The molecule has 0 bridgehead atoms. The van der Waals surface area contributed by atoms with Gasteiger partial charge in [-0.2, -0.15) is 5.10 Å². The minimum absolute atomic E-state index is 0.380. The molecule has 0 amide bonds. The maximum absolute atomic E-state index is 6.06. The molecule has 0 aliphatic rings. The second-order valence-electron chi connectivity index (χ2n) is 2.97. The van der Waals surface area contributed by atoms with Crippen molar-refractivity contribution in [2.24, 2.45) is 0 Å². The van der Waals surface area contributed by atoms with Crippen LogP contribution in [0.2, 0.25) is 5.02 Å². The molecule has 0 N–H and O–H groups in total. The highest BCUT2D eigenvalue weighted by atomic mass is 127. The fraction of sp³-hybridized carbons (Fsp3) is 0.100. The molecule has 0 unspecified atom stereocenters. The zero-order valence-corrected chi connectivity index (χ0v) is 11.3. The van der Waals surface area contributed by atoms with Gasteiger partial charge < -0.3 is 0 Å². The lowest BCUT2D eigenvalue weighted by molar-refractivity contribution is 0.871. The van der Waals surface area contributed by atoms with Gasteiger partial charge in [-0.1, -0.05) is 17.7 Å². The Labute approximate surface area is 111 Å². The fourth-order valence-corrected chi connectivity index (χ4v) is 2.30. The number of aromatic nitrogens is 2. The highest BCUT2D eigenvalue weighted by molar-refractivity contribution is 14.1.